The normalized spacial score (nSPS) is 12.4. The van der Waals surface area contributed by atoms with E-state index in [1.165, 1.54) is 11.3 Å². The zero-order valence-corrected chi connectivity index (χ0v) is 9.45. The van der Waals surface area contributed by atoms with Gasteiger partial charge in [0.2, 0.25) is 0 Å². The Morgan fingerprint density at radius 1 is 1.50 bits per heavy atom. The van der Waals surface area contributed by atoms with Crippen LogP contribution in [0, 0.1) is 6.92 Å². The van der Waals surface area contributed by atoms with E-state index in [1.807, 2.05) is 6.92 Å². The number of hydrogen-bond acceptors (Lipinski definition) is 4. The molecule has 2 aromatic rings. The Bertz CT molecular complexity index is 483. The number of hydrogen-bond donors (Lipinski definition) is 0. The van der Waals surface area contributed by atoms with Crippen molar-refractivity contribution in [3.05, 3.63) is 23.2 Å². The summed E-state index contributed by atoms with van der Waals surface area (Å²) >= 11 is -0.648. The Morgan fingerprint density at radius 3 is 2.86 bits per heavy atom. The van der Waals surface area contributed by atoms with Crippen LogP contribution in [0.4, 0.5) is 0 Å². The molecule has 0 aliphatic carbocycles. The van der Waals surface area contributed by atoms with E-state index in [0.717, 1.165) is 15.2 Å². The molecule has 0 bridgehead atoms. The van der Waals surface area contributed by atoms with E-state index in [-0.39, 0.29) is 18.9 Å². The number of aromatic nitrogens is 1. The molecule has 0 N–H and O–H groups in total. The van der Waals surface area contributed by atoms with Crippen LogP contribution >= 0.6 is 11.3 Å². The topological polar surface area (TPSA) is 53.0 Å². The van der Waals surface area contributed by atoms with Crippen LogP contribution in [0.25, 0.3) is 10.2 Å². The predicted molar refractivity (Wildman–Crippen MR) is 51.5 cm³/mol. The number of rotatable bonds is 1. The van der Waals surface area contributed by atoms with E-state index in [1.54, 1.807) is 18.2 Å². The number of nitrogens with zero attached hydrogens (tertiary/aromatic N) is 1. The van der Waals surface area contributed by atoms with Gasteiger partial charge in [-0.2, -0.15) is 0 Å². The number of benzene rings is 1. The van der Waals surface area contributed by atoms with Gasteiger partial charge < -0.3 is 4.55 Å². The molecule has 14 heavy (non-hydrogen) atoms. The summed E-state index contributed by atoms with van der Waals surface area (Å²) in [6, 6.07) is 4.93. The van der Waals surface area contributed by atoms with Gasteiger partial charge in [-0.15, -0.1) is 11.3 Å². The van der Waals surface area contributed by atoms with Gasteiger partial charge in [-0.05, 0) is 36.2 Å². The third-order valence-electron chi connectivity index (χ3n) is 1.66. The smallest absolute Gasteiger partial charge is 0.768 e. The first-order chi connectivity index (χ1) is 6.16. The monoisotopic (exact) mass is 219 g/mol. The fourth-order valence-corrected chi connectivity index (χ4v) is 2.46. The zero-order chi connectivity index (χ0) is 9.42. The summed E-state index contributed by atoms with van der Waals surface area (Å²) in [5.41, 5.74) is 0.858. The van der Waals surface area contributed by atoms with Crippen molar-refractivity contribution in [2.24, 2.45) is 0 Å². The Labute approximate surface area is 100 Å². The minimum atomic E-state index is -2.15. The minimum Gasteiger partial charge on any atom is -0.768 e. The molecule has 0 amide bonds. The van der Waals surface area contributed by atoms with E-state index in [9.17, 15) is 8.76 Å². The molecule has 1 heterocycles. The number of thiazole rings is 1. The average molecular weight is 219 g/mol. The maximum Gasteiger partial charge on any atom is 1.00 e. The van der Waals surface area contributed by atoms with Crippen LogP contribution in [0.15, 0.2) is 23.1 Å². The zero-order valence-electron chi connectivity index (χ0n) is 7.81. The number of fused-ring (bicyclic) bond motifs is 1. The van der Waals surface area contributed by atoms with Crippen LogP contribution < -0.4 is 18.9 Å². The maximum absolute atomic E-state index is 10.6. The van der Waals surface area contributed by atoms with E-state index < -0.39 is 11.1 Å². The molecule has 0 saturated carbocycles. The molecule has 0 radical (unpaired) electrons. The van der Waals surface area contributed by atoms with Gasteiger partial charge in [0.1, 0.15) is 0 Å². The van der Waals surface area contributed by atoms with Crippen LogP contribution in [0.3, 0.4) is 0 Å². The molecular formula is C8H6LiNO2S2. The molecule has 1 aromatic carbocycles. The summed E-state index contributed by atoms with van der Waals surface area (Å²) in [4.78, 5) is 4.55. The van der Waals surface area contributed by atoms with Crippen molar-refractivity contribution < 1.29 is 27.6 Å². The number of aryl methyl sites for hydroxylation is 1. The van der Waals surface area contributed by atoms with Crippen LogP contribution in [-0.4, -0.2) is 13.7 Å². The molecule has 68 valence electrons. The third-order valence-corrected chi connectivity index (χ3v) is 3.23. The van der Waals surface area contributed by atoms with E-state index in [4.69, 9.17) is 0 Å². The van der Waals surface area contributed by atoms with E-state index in [2.05, 4.69) is 4.98 Å². The van der Waals surface area contributed by atoms with Crippen molar-refractivity contribution in [2.75, 3.05) is 0 Å². The summed E-state index contributed by atoms with van der Waals surface area (Å²) in [5, 5.41) is 0.948. The van der Waals surface area contributed by atoms with Gasteiger partial charge in [0, 0.05) is 4.90 Å². The molecule has 0 aliphatic rings. The van der Waals surface area contributed by atoms with Gasteiger partial charge in [0.05, 0.1) is 15.2 Å². The van der Waals surface area contributed by atoms with Crippen molar-refractivity contribution in [1.82, 2.24) is 4.98 Å². The Morgan fingerprint density at radius 2 is 2.21 bits per heavy atom. The molecule has 1 atom stereocenters. The van der Waals surface area contributed by atoms with Gasteiger partial charge >= 0.3 is 18.9 Å². The quantitative estimate of drug-likeness (QED) is 0.449. The van der Waals surface area contributed by atoms with Crippen molar-refractivity contribution in [2.45, 2.75) is 11.8 Å². The van der Waals surface area contributed by atoms with Gasteiger partial charge in [-0.1, -0.05) is 0 Å². The fraction of sp³-hybridized carbons (Fsp3) is 0.125. The van der Waals surface area contributed by atoms with Crippen molar-refractivity contribution in [3.8, 4) is 0 Å². The molecule has 2 rings (SSSR count). The second kappa shape index (κ2) is 4.56. The van der Waals surface area contributed by atoms with Crippen molar-refractivity contribution >= 4 is 32.6 Å². The molecule has 0 fully saturated rings. The maximum atomic E-state index is 10.6. The third kappa shape index (κ3) is 2.25. The first-order valence-electron chi connectivity index (χ1n) is 3.63. The Hall–Kier alpha value is -0.183. The van der Waals surface area contributed by atoms with Crippen LogP contribution in [-0.2, 0) is 11.1 Å². The van der Waals surface area contributed by atoms with Crippen molar-refractivity contribution in [1.29, 1.82) is 0 Å². The Balaban J connectivity index is 0.000000980. The second-order valence-electron chi connectivity index (χ2n) is 2.60. The Kier molecular flexibility index (Phi) is 3.87. The van der Waals surface area contributed by atoms with Crippen LogP contribution in [0.5, 0.6) is 0 Å². The minimum absolute atomic E-state index is 0. The van der Waals surface area contributed by atoms with Gasteiger partial charge in [-0.3, -0.25) is 4.21 Å². The molecule has 0 spiro atoms. The van der Waals surface area contributed by atoms with Crippen molar-refractivity contribution in [3.63, 3.8) is 0 Å². The van der Waals surface area contributed by atoms with Crippen LogP contribution in [0.2, 0.25) is 0 Å². The van der Waals surface area contributed by atoms with Gasteiger partial charge in [-0.25, -0.2) is 4.98 Å². The first kappa shape index (κ1) is 11.9. The second-order valence-corrected chi connectivity index (χ2v) is 4.77. The molecule has 3 nitrogen and oxygen atoms in total. The first-order valence-corrected chi connectivity index (χ1v) is 5.52. The molecule has 1 unspecified atom stereocenters. The van der Waals surface area contributed by atoms with Gasteiger partial charge in [0.25, 0.3) is 0 Å². The van der Waals surface area contributed by atoms with Gasteiger partial charge in [0.15, 0.2) is 0 Å². The average Bonchev–Trinajstić information content (AvgIpc) is 2.42. The SMILES string of the molecule is Cc1nc2ccc(S(=O)[O-])cc2s1.[Li+]. The molecule has 1 aromatic heterocycles. The largest absolute Gasteiger partial charge is 1.00 e. The standard InChI is InChI=1S/C8H7NO2S2.Li/c1-5-9-7-3-2-6(13(10)11)4-8(7)12-5;/h2-4H,1H3,(H,10,11);/q;+1/p-1. The summed E-state index contributed by atoms with van der Waals surface area (Å²) in [6.45, 7) is 1.90. The fourth-order valence-electron chi connectivity index (χ4n) is 1.12. The summed E-state index contributed by atoms with van der Waals surface area (Å²) < 4.78 is 22.2. The predicted octanol–water partition coefficient (Wildman–Crippen LogP) is -1.15. The van der Waals surface area contributed by atoms with E-state index >= 15 is 0 Å². The molecular weight excluding hydrogens is 213 g/mol. The summed E-state index contributed by atoms with van der Waals surface area (Å²) in [5.74, 6) is 0. The molecule has 6 heteroatoms. The molecule has 0 saturated heterocycles. The molecule has 0 aliphatic heterocycles. The summed E-state index contributed by atoms with van der Waals surface area (Å²) in [7, 11) is 0. The van der Waals surface area contributed by atoms with Crippen LogP contribution in [0.1, 0.15) is 5.01 Å². The summed E-state index contributed by atoms with van der Waals surface area (Å²) in [6.07, 6.45) is 0. The van der Waals surface area contributed by atoms with E-state index in [0.29, 0.717) is 4.90 Å².